The molecule has 0 saturated heterocycles. The van der Waals surface area contributed by atoms with Crippen LogP contribution in [-0.2, 0) is 0 Å². The number of rotatable bonds is 15. The van der Waals surface area contributed by atoms with Gasteiger partial charge in [-0.3, -0.25) is 0 Å². The Bertz CT molecular complexity index is 875. The van der Waals surface area contributed by atoms with E-state index in [-0.39, 0.29) is 0 Å². The molecule has 0 fully saturated rings. The van der Waals surface area contributed by atoms with Gasteiger partial charge in [-0.25, -0.2) is 0 Å². The van der Waals surface area contributed by atoms with Crippen LogP contribution in [0.15, 0.2) is 72.8 Å². The molecule has 0 atom stereocenters. The summed E-state index contributed by atoms with van der Waals surface area (Å²) >= 11 is 0. The minimum Gasteiger partial charge on any atom is -0.494 e. The van der Waals surface area contributed by atoms with E-state index < -0.39 is 0 Å². The Hall–Kier alpha value is -2.94. The van der Waals surface area contributed by atoms with Gasteiger partial charge in [-0.05, 0) is 80.4 Å². The van der Waals surface area contributed by atoms with Crippen molar-refractivity contribution in [2.75, 3.05) is 18.1 Å². The van der Waals surface area contributed by atoms with E-state index in [0.29, 0.717) is 0 Å². The first kappa shape index (κ1) is 25.7. The fourth-order valence-corrected chi connectivity index (χ4v) is 3.96. The molecule has 0 heterocycles. The van der Waals surface area contributed by atoms with Crippen LogP contribution >= 0.6 is 0 Å². The molecular weight excluding hydrogens is 418 g/mol. The molecule has 0 aromatic heterocycles. The average molecular weight is 460 g/mol. The number of unbranched alkanes of at least 4 members (excludes halogenated alkanes) is 6. The second kappa shape index (κ2) is 14.3. The topological polar surface area (TPSA) is 21.7 Å². The lowest BCUT2D eigenvalue weighted by atomic mass is 10.1. The summed E-state index contributed by atoms with van der Waals surface area (Å²) in [4.78, 5) is 2.27. The van der Waals surface area contributed by atoms with Gasteiger partial charge >= 0.3 is 0 Å². The first-order chi connectivity index (χ1) is 16.7. The van der Waals surface area contributed by atoms with E-state index in [1.807, 2.05) is 0 Å². The normalized spacial score (nSPS) is 10.8. The summed E-state index contributed by atoms with van der Waals surface area (Å²) in [6.07, 6.45) is 9.72. The molecule has 0 aliphatic carbocycles. The summed E-state index contributed by atoms with van der Waals surface area (Å²) in [7, 11) is 0. The van der Waals surface area contributed by atoms with Crippen LogP contribution in [0.4, 0.5) is 17.1 Å². The van der Waals surface area contributed by atoms with Crippen molar-refractivity contribution in [3.63, 3.8) is 0 Å². The quantitative estimate of drug-likeness (QED) is 0.211. The predicted octanol–water partition coefficient (Wildman–Crippen LogP) is 9.38. The fraction of sp³-hybridized carbons (Fsp3) is 0.419. The van der Waals surface area contributed by atoms with Gasteiger partial charge in [0.1, 0.15) is 11.5 Å². The van der Waals surface area contributed by atoms with Crippen LogP contribution in [0, 0.1) is 6.92 Å². The minimum atomic E-state index is 0.779. The zero-order valence-corrected chi connectivity index (χ0v) is 21.3. The molecule has 182 valence electrons. The van der Waals surface area contributed by atoms with Gasteiger partial charge in [-0.2, -0.15) is 0 Å². The van der Waals surface area contributed by atoms with Gasteiger partial charge < -0.3 is 14.4 Å². The maximum Gasteiger partial charge on any atom is 0.119 e. The van der Waals surface area contributed by atoms with Crippen molar-refractivity contribution in [1.82, 2.24) is 0 Å². The molecule has 3 aromatic rings. The van der Waals surface area contributed by atoms with Gasteiger partial charge in [0, 0.05) is 17.1 Å². The summed E-state index contributed by atoms with van der Waals surface area (Å²) in [5.41, 5.74) is 4.60. The third-order valence-electron chi connectivity index (χ3n) is 6.02. The number of hydrogen-bond acceptors (Lipinski definition) is 3. The average Bonchev–Trinajstić information content (AvgIpc) is 2.87. The predicted molar refractivity (Wildman–Crippen MR) is 145 cm³/mol. The second-order valence-corrected chi connectivity index (χ2v) is 8.98. The third-order valence-corrected chi connectivity index (χ3v) is 6.02. The Kier molecular flexibility index (Phi) is 10.8. The highest BCUT2D eigenvalue weighted by atomic mass is 16.5. The number of aryl methyl sites for hydroxylation is 1. The largest absolute Gasteiger partial charge is 0.494 e. The molecule has 0 unspecified atom stereocenters. The van der Waals surface area contributed by atoms with E-state index in [1.54, 1.807) is 0 Å². The Morgan fingerprint density at radius 3 is 1.26 bits per heavy atom. The first-order valence-corrected chi connectivity index (χ1v) is 13.0. The molecule has 0 aliphatic rings. The number of ether oxygens (including phenoxy) is 2. The fourth-order valence-electron chi connectivity index (χ4n) is 3.96. The molecule has 0 amide bonds. The summed E-state index contributed by atoms with van der Waals surface area (Å²) in [5, 5.41) is 0. The molecule has 3 heteroatoms. The van der Waals surface area contributed by atoms with Crippen molar-refractivity contribution in [3.05, 3.63) is 78.4 Å². The van der Waals surface area contributed by atoms with Crippen LogP contribution in [0.2, 0.25) is 0 Å². The maximum absolute atomic E-state index is 5.96. The molecule has 0 bridgehead atoms. The van der Waals surface area contributed by atoms with Crippen LogP contribution in [0.3, 0.4) is 0 Å². The smallest absolute Gasteiger partial charge is 0.119 e. The van der Waals surface area contributed by atoms with Crippen LogP contribution in [0.25, 0.3) is 0 Å². The molecule has 0 spiro atoms. The van der Waals surface area contributed by atoms with E-state index >= 15 is 0 Å². The SMILES string of the molecule is CCCCCCOc1ccc(N(c2ccc(C)cc2)c2ccc(OCCCCCC)cc2)cc1. The Morgan fingerprint density at radius 1 is 0.500 bits per heavy atom. The lowest BCUT2D eigenvalue weighted by molar-refractivity contribution is 0.305. The minimum absolute atomic E-state index is 0.779. The van der Waals surface area contributed by atoms with Gasteiger partial charge in [0.05, 0.1) is 13.2 Å². The third kappa shape index (κ3) is 8.13. The molecular formula is C31H41NO2. The molecule has 3 nitrogen and oxygen atoms in total. The monoisotopic (exact) mass is 459 g/mol. The summed E-state index contributed by atoms with van der Waals surface area (Å²) in [5.74, 6) is 1.85. The van der Waals surface area contributed by atoms with Gasteiger partial charge in [0.2, 0.25) is 0 Å². The number of hydrogen-bond donors (Lipinski definition) is 0. The highest BCUT2D eigenvalue weighted by Gasteiger charge is 2.13. The Morgan fingerprint density at radius 2 is 0.882 bits per heavy atom. The van der Waals surface area contributed by atoms with E-state index in [1.165, 1.54) is 44.1 Å². The molecule has 0 radical (unpaired) electrons. The molecule has 0 N–H and O–H groups in total. The van der Waals surface area contributed by atoms with Gasteiger partial charge in [0.15, 0.2) is 0 Å². The Labute approximate surface area is 206 Å². The van der Waals surface area contributed by atoms with Crippen molar-refractivity contribution in [2.24, 2.45) is 0 Å². The molecule has 0 aliphatic heterocycles. The highest BCUT2D eigenvalue weighted by molar-refractivity contribution is 5.77. The van der Waals surface area contributed by atoms with Gasteiger partial charge in [-0.1, -0.05) is 70.1 Å². The highest BCUT2D eigenvalue weighted by Crippen LogP contribution is 2.36. The van der Waals surface area contributed by atoms with E-state index in [4.69, 9.17) is 9.47 Å². The summed E-state index contributed by atoms with van der Waals surface area (Å²) < 4.78 is 11.9. The first-order valence-electron chi connectivity index (χ1n) is 13.0. The van der Waals surface area contributed by atoms with Crippen molar-refractivity contribution in [1.29, 1.82) is 0 Å². The van der Waals surface area contributed by atoms with Crippen LogP contribution in [-0.4, -0.2) is 13.2 Å². The zero-order valence-electron chi connectivity index (χ0n) is 21.3. The summed E-state index contributed by atoms with van der Waals surface area (Å²) in [6.45, 7) is 8.14. The summed E-state index contributed by atoms with van der Waals surface area (Å²) in [6, 6.07) is 25.5. The van der Waals surface area contributed by atoms with E-state index in [2.05, 4.69) is 98.5 Å². The number of benzene rings is 3. The van der Waals surface area contributed by atoms with Gasteiger partial charge in [-0.15, -0.1) is 0 Å². The molecule has 34 heavy (non-hydrogen) atoms. The van der Waals surface area contributed by atoms with Crippen LogP contribution < -0.4 is 14.4 Å². The van der Waals surface area contributed by atoms with Crippen molar-refractivity contribution in [3.8, 4) is 11.5 Å². The lowest BCUT2D eigenvalue weighted by Gasteiger charge is -2.26. The second-order valence-electron chi connectivity index (χ2n) is 8.98. The van der Waals surface area contributed by atoms with E-state index in [0.717, 1.165) is 54.6 Å². The number of nitrogens with zero attached hydrogens (tertiary/aromatic N) is 1. The Balaban J connectivity index is 1.71. The maximum atomic E-state index is 5.96. The van der Waals surface area contributed by atoms with E-state index in [9.17, 15) is 0 Å². The number of anilines is 3. The standard InChI is InChI=1S/C31H41NO2/c1-4-6-8-10-24-33-30-20-16-28(17-21-30)32(27-14-12-26(3)13-15-27)29-18-22-31(23-19-29)34-25-11-9-7-5-2/h12-23H,4-11,24-25H2,1-3H3. The lowest BCUT2D eigenvalue weighted by Crippen LogP contribution is -2.10. The zero-order chi connectivity index (χ0) is 24.0. The molecule has 3 rings (SSSR count). The van der Waals surface area contributed by atoms with Crippen molar-refractivity contribution < 1.29 is 9.47 Å². The van der Waals surface area contributed by atoms with Crippen LogP contribution in [0.5, 0.6) is 11.5 Å². The van der Waals surface area contributed by atoms with Crippen molar-refractivity contribution in [2.45, 2.75) is 72.1 Å². The van der Waals surface area contributed by atoms with Crippen LogP contribution in [0.1, 0.15) is 70.8 Å². The van der Waals surface area contributed by atoms with Gasteiger partial charge in [0.25, 0.3) is 0 Å². The molecule has 3 aromatic carbocycles. The van der Waals surface area contributed by atoms with Crippen molar-refractivity contribution >= 4 is 17.1 Å². The molecule has 0 saturated carbocycles.